The number of anilines is 3. The van der Waals surface area contributed by atoms with E-state index in [1.165, 1.54) is 22.6 Å². The second kappa shape index (κ2) is 11.7. The summed E-state index contributed by atoms with van der Waals surface area (Å²) in [5.74, 6) is -0.373. The number of unbranched alkanes of at least 4 members (excludes halogenated alkanes) is 1. The monoisotopic (exact) mass is 555 g/mol. The number of carbonyl (C=O) groups excluding carboxylic acids is 2. The summed E-state index contributed by atoms with van der Waals surface area (Å²) < 4.78 is 0.652. The van der Waals surface area contributed by atoms with Gasteiger partial charge < -0.3 is 20.4 Å². The molecule has 2 aromatic carbocycles. The number of aromatic nitrogens is 1. The Morgan fingerprint density at radius 3 is 2.40 bits per heavy atom. The summed E-state index contributed by atoms with van der Waals surface area (Å²) in [4.78, 5) is 34.9. The van der Waals surface area contributed by atoms with E-state index in [-0.39, 0.29) is 11.8 Å². The molecular weight excluding hydrogens is 526 g/mol. The second-order valence-corrected chi connectivity index (χ2v) is 10.8. The standard InChI is InChI=1S/C26H30BrN5O2S/c1-3-4-11-28-24(33)19-9-10-22(20(16-19)30-25(34)23-17-29-26(27)35-23)32-14-12-31(13-15-32)21-8-6-5-7-18(21)2/h5-10,16-17H,3-4,11-15H2,1-2H3,(H,28,33)(H,30,34). The highest BCUT2D eigenvalue weighted by atomic mass is 79.9. The number of aryl methyl sites for hydroxylation is 1. The highest BCUT2D eigenvalue weighted by Gasteiger charge is 2.23. The lowest BCUT2D eigenvalue weighted by Gasteiger charge is -2.38. The zero-order valence-electron chi connectivity index (χ0n) is 20.0. The Hall–Kier alpha value is -2.91. The van der Waals surface area contributed by atoms with Crippen molar-refractivity contribution < 1.29 is 9.59 Å². The van der Waals surface area contributed by atoms with Gasteiger partial charge in [0.2, 0.25) is 0 Å². The quantitative estimate of drug-likeness (QED) is 0.367. The fourth-order valence-corrected chi connectivity index (χ4v) is 5.34. The van der Waals surface area contributed by atoms with Crippen LogP contribution in [0.3, 0.4) is 0 Å². The van der Waals surface area contributed by atoms with Gasteiger partial charge in [-0.15, -0.1) is 11.3 Å². The maximum atomic E-state index is 12.9. The van der Waals surface area contributed by atoms with Crippen LogP contribution in [0.2, 0.25) is 0 Å². The van der Waals surface area contributed by atoms with Crippen LogP contribution in [0.4, 0.5) is 17.1 Å². The Balaban J connectivity index is 1.55. The van der Waals surface area contributed by atoms with Gasteiger partial charge in [-0.05, 0) is 59.1 Å². The Morgan fingerprint density at radius 2 is 1.74 bits per heavy atom. The van der Waals surface area contributed by atoms with Gasteiger partial charge in [0.25, 0.3) is 11.8 Å². The lowest BCUT2D eigenvalue weighted by Crippen LogP contribution is -2.47. The first-order chi connectivity index (χ1) is 17.0. The number of hydrogen-bond donors (Lipinski definition) is 2. The van der Waals surface area contributed by atoms with Crippen LogP contribution in [0.1, 0.15) is 45.4 Å². The molecule has 1 aliphatic rings. The number of hydrogen-bond acceptors (Lipinski definition) is 6. The fraction of sp³-hybridized carbons (Fsp3) is 0.346. The Bertz CT molecular complexity index is 1190. The van der Waals surface area contributed by atoms with E-state index in [1.807, 2.05) is 12.1 Å². The predicted octanol–water partition coefficient (Wildman–Crippen LogP) is 5.32. The molecule has 1 saturated heterocycles. The average Bonchev–Trinajstić information content (AvgIpc) is 3.31. The van der Waals surface area contributed by atoms with Gasteiger partial charge in [-0.3, -0.25) is 9.59 Å². The number of carbonyl (C=O) groups is 2. The van der Waals surface area contributed by atoms with Gasteiger partial charge in [-0.2, -0.15) is 0 Å². The second-order valence-electron chi connectivity index (χ2n) is 8.53. The van der Waals surface area contributed by atoms with Crippen molar-refractivity contribution in [2.75, 3.05) is 47.8 Å². The van der Waals surface area contributed by atoms with Crippen molar-refractivity contribution in [2.45, 2.75) is 26.7 Å². The molecular formula is C26H30BrN5O2S. The largest absolute Gasteiger partial charge is 0.368 e. The van der Waals surface area contributed by atoms with Crippen LogP contribution in [0.5, 0.6) is 0 Å². The number of nitrogens with one attached hydrogen (secondary N) is 2. The van der Waals surface area contributed by atoms with Crippen molar-refractivity contribution >= 4 is 56.1 Å². The van der Waals surface area contributed by atoms with Gasteiger partial charge in [0.15, 0.2) is 3.92 Å². The lowest BCUT2D eigenvalue weighted by atomic mass is 10.1. The van der Waals surface area contributed by atoms with E-state index >= 15 is 0 Å². The number of piperazine rings is 1. The first-order valence-electron chi connectivity index (χ1n) is 11.9. The van der Waals surface area contributed by atoms with Crippen LogP contribution in [-0.4, -0.2) is 49.5 Å². The van der Waals surface area contributed by atoms with Crippen LogP contribution < -0.4 is 20.4 Å². The van der Waals surface area contributed by atoms with Crippen molar-refractivity contribution in [3.8, 4) is 0 Å². The van der Waals surface area contributed by atoms with Gasteiger partial charge >= 0.3 is 0 Å². The third-order valence-corrected chi connectivity index (χ3v) is 7.58. The van der Waals surface area contributed by atoms with Crippen LogP contribution in [0.15, 0.2) is 52.6 Å². The number of para-hydroxylation sites is 1. The summed E-state index contributed by atoms with van der Waals surface area (Å²) >= 11 is 4.59. The number of thiazole rings is 1. The Morgan fingerprint density at radius 1 is 1.03 bits per heavy atom. The van der Waals surface area contributed by atoms with E-state index in [0.717, 1.165) is 44.7 Å². The number of benzene rings is 2. The summed E-state index contributed by atoms with van der Waals surface area (Å²) in [7, 11) is 0. The minimum absolute atomic E-state index is 0.134. The Labute approximate surface area is 218 Å². The average molecular weight is 557 g/mol. The topological polar surface area (TPSA) is 77.6 Å². The minimum Gasteiger partial charge on any atom is -0.368 e. The summed E-state index contributed by atoms with van der Waals surface area (Å²) in [6.07, 6.45) is 3.49. The summed E-state index contributed by atoms with van der Waals surface area (Å²) in [6.45, 7) is 8.23. The van der Waals surface area contributed by atoms with E-state index in [2.05, 4.69) is 79.5 Å². The molecule has 1 aromatic heterocycles. The molecule has 0 spiro atoms. The molecule has 2 N–H and O–H groups in total. The molecule has 9 heteroatoms. The van der Waals surface area contributed by atoms with Crippen LogP contribution in [0.25, 0.3) is 0 Å². The van der Waals surface area contributed by atoms with E-state index in [9.17, 15) is 9.59 Å². The molecule has 184 valence electrons. The zero-order chi connectivity index (χ0) is 24.8. The van der Waals surface area contributed by atoms with Gasteiger partial charge in [0, 0.05) is 44.0 Å². The lowest BCUT2D eigenvalue weighted by molar-refractivity contribution is 0.0951. The van der Waals surface area contributed by atoms with Crippen LogP contribution in [-0.2, 0) is 0 Å². The molecule has 35 heavy (non-hydrogen) atoms. The third kappa shape index (κ3) is 6.21. The van der Waals surface area contributed by atoms with E-state index in [1.54, 1.807) is 12.3 Å². The van der Waals surface area contributed by atoms with Crippen molar-refractivity contribution in [3.05, 3.63) is 68.6 Å². The highest BCUT2D eigenvalue weighted by molar-refractivity contribution is 9.11. The number of rotatable bonds is 8. The molecule has 0 atom stereocenters. The summed E-state index contributed by atoms with van der Waals surface area (Å²) in [6, 6.07) is 14.0. The van der Waals surface area contributed by atoms with Crippen molar-refractivity contribution in [1.82, 2.24) is 10.3 Å². The SMILES string of the molecule is CCCCNC(=O)c1ccc(N2CCN(c3ccccc3C)CC2)c(NC(=O)c2cnc(Br)s2)c1. The molecule has 3 aromatic rings. The number of amides is 2. The molecule has 0 bridgehead atoms. The molecule has 7 nitrogen and oxygen atoms in total. The predicted molar refractivity (Wildman–Crippen MR) is 147 cm³/mol. The molecule has 1 fully saturated rings. The zero-order valence-corrected chi connectivity index (χ0v) is 22.4. The van der Waals surface area contributed by atoms with Crippen molar-refractivity contribution in [2.24, 2.45) is 0 Å². The van der Waals surface area contributed by atoms with Crippen molar-refractivity contribution in [1.29, 1.82) is 0 Å². The molecule has 1 aliphatic heterocycles. The van der Waals surface area contributed by atoms with Gasteiger partial charge in [0.05, 0.1) is 17.6 Å². The highest BCUT2D eigenvalue weighted by Crippen LogP contribution is 2.31. The molecule has 2 heterocycles. The molecule has 0 radical (unpaired) electrons. The van der Waals surface area contributed by atoms with Crippen molar-refractivity contribution in [3.63, 3.8) is 0 Å². The fourth-order valence-electron chi connectivity index (χ4n) is 4.18. The van der Waals surface area contributed by atoms with E-state index in [0.29, 0.717) is 26.6 Å². The smallest absolute Gasteiger partial charge is 0.267 e. The number of halogens is 1. The molecule has 4 rings (SSSR count). The normalized spacial score (nSPS) is 13.6. The summed E-state index contributed by atoms with van der Waals surface area (Å²) in [5, 5.41) is 5.99. The van der Waals surface area contributed by atoms with Gasteiger partial charge in [0.1, 0.15) is 4.88 Å². The molecule has 0 unspecified atom stereocenters. The van der Waals surface area contributed by atoms with E-state index < -0.39 is 0 Å². The molecule has 0 saturated carbocycles. The molecule has 2 amide bonds. The third-order valence-electron chi connectivity index (χ3n) is 6.10. The van der Waals surface area contributed by atoms with Crippen LogP contribution >= 0.6 is 27.3 Å². The molecule has 0 aliphatic carbocycles. The van der Waals surface area contributed by atoms with Gasteiger partial charge in [-0.25, -0.2) is 4.98 Å². The maximum Gasteiger partial charge on any atom is 0.267 e. The first kappa shape index (κ1) is 25.2. The summed E-state index contributed by atoms with van der Waals surface area (Å²) in [5.41, 5.74) is 4.60. The minimum atomic E-state index is -0.239. The number of nitrogens with zero attached hydrogens (tertiary/aromatic N) is 3. The first-order valence-corrected chi connectivity index (χ1v) is 13.5. The van der Waals surface area contributed by atoms with E-state index in [4.69, 9.17) is 0 Å². The van der Waals surface area contributed by atoms with Crippen LogP contribution in [0, 0.1) is 6.92 Å². The maximum absolute atomic E-state index is 12.9. The van der Waals surface area contributed by atoms with Gasteiger partial charge in [-0.1, -0.05) is 31.5 Å². The Kier molecular flexibility index (Phi) is 8.41.